The van der Waals surface area contributed by atoms with E-state index in [1.165, 1.54) is 16.5 Å². The number of hydrogen-bond acceptors (Lipinski definition) is 4. The summed E-state index contributed by atoms with van der Waals surface area (Å²) in [6.45, 7) is 5.31. The van der Waals surface area contributed by atoms with E-state index < -0.39 is 10.0 Å². The molecule has 0 saturated heterocycles. The number of aromatic amines is 1. The van der Waals surface area contributed by atoms with Crippen molar-refractivity contribution in [1.82, 2.24) is 14.9 Å². The number of rotatable bonds is 3. The number of aromatic nitrogens is 2. The normalized spacial score (nSPS) is 17.5. The molecule has 1 aromatic carbocycles. The van der Waals surface area contributed by atoms with E-state index in [9.17, 15) is 8.42 Å². The Labute approximate surface area is 140 Å². The smallest absolute Gasteiger partial charge is 0.246 e. The van der Waals surface area contributed by atoms with Crippen LogP contribution < -0.4 is 4.72 Å². The zero-order chi connectivity index (χ0) is 17.1. The minimum atomic E-state index is -3.64. The highest BCUT2D eigenvalue weighted by atomic mass is 32.2. The molecule has 1 atom stereocenters. The molecule has 0 amide bonds. The number of fused-ring (bicyclic) bond motifs is 3. The molecule has 0 saturated carbocycles. The zero-order valence-electron chi connectivity index (χ0n) is 13.8. The van der Waals surface area contributed by atoms with Gasteiger partial charge in [0.05, 0.1) is 0 Å². The standard InChI is InChI=1S/C17H19N3O3S/c1-9-4-5-15-13(6-9)14-7-12(8-16(14)18-15)20-24(21,22)17-10(2)19-23-11(17)3/h4-6,12,18,20H,7-8H2,1-3H3. The van der Waals surface area contributed by atoms with Crippen molar-refractivity contribution in [3.63, 3.8) is 0 Å². The SMILES string of the molecule is Cc1ccc2[nH]c3c(c2c1)CC(NS(=O)(=O)c1c(C)noc1C)C3. The second-order valence-electron chi connectivity index (χ2n) is 6.51. The van der Waals surface area contributed by atoms with Crippen LogP contribution in [-0.2, 0) is 22.9 Å². The first-order chi connectivity index (χ1) is 11.3. The van der Waals surface area contributed by atoms with Gasteiger partial charge in [0.2, 0.25) is 10.0 Å². The van der Waals surface area contributed by atoms with Crippen LogP contribution in [0.5, 0.6) is 0 Å². The van der Waals surface area contributed by atoms with E-state index in [2.05, 4.69) is 40.0 Å². The Kier molecular flexibility index (Phi) is 3.33. The Hall–Kier alpha value is -2.12. The summed E-state index contributed by atoms with van der Waals surface area (Å²) in [5.41, 5.74) is 5.02. The largest absolute Gasteiger partial charge is 0.360 e. The van der Waals surface area contributed by atoms with Crippen LogP contribution in [0.2, 0.25) is 0 Å². The summed E-state index contributed by atoms with van der Waals surface area (Å²) in [6.07, 6.45) is 1.34. The minimum Gasteiger partial charge on any atom is -0.360 e. The Balaban J connectivity index is 1.62. The van der Waals surface area contributed by atoms with Gasteiger partial charge < -0.3 is 9.51 Å². The van der Waals surface area contributed by atoms with Crippen LogP contribution in [0.1, 0.15) is 28.3 Å². The molecule has 0 bridgehead atoms. The van der Waals surface area contributed by atoms with Gasteiger partial charge in [-0.15, -0.1) is 0 Å². The molecule has 1 aliphatic carbocycles. The third kappa shape index (κ3) is 2.35. The van der Waals surface area contributed by atoms with Crippen molar-refractivity contribution in [3.8, 4) is 0 Å². The fourth-order valence-corrected chi connectivity index (χ4v) is 5.17. The molecule has 2 heterocycles. The number of nitrogens with one attached hydrogen (secondary N) is 2. The molecule has 24 heavy (non-hydrogen) atoms. The zero-order valence-corrected chi connectivity index (χ0v) is 14.6. The minimum absolute atomic E-state index is 0.152. The number of nitrogens with zero attached hydrogens (tertiary/aromatic N) is 1. The number of sulfonamides is 1. The maximum atomic E-state index is 12.7. The monoisotopic (exact) mass is 345 g/mol. The lowest BCUT2D eigenvalue weighted by Crippen LogP contribution is -2.35. The number of benzene rings is 1. The molecule has 2 N–H and O–H groups in total. The van der Waals surface area contributed by atoms with Crippen LogP contribution in [0.4, 0.5) is 0 Å². The van der Waals surface area contributed by atoms with Gasteiger partial charge in [-0.05, 0) is 44.9 Å². The van der Waals surface area contributed by atoms with Crippen LogP contribution in [0.25, 0.3) is 10.9 Å². The molecular weight excluding hydrogens is 326 g/mol. The number of hydrogen-bond donors (Lipinski definition) is 2. The van der Waals surface area contributed by atoms with Crippen molar-refractivity contribution in [3.05, 3.63) is 46.5 Å². The van der Waals surface area contributed by atoms with Crippen molar-refractivity contribution in [2.24, 2.45) is 0 Å². The van der Waals surface area contributed by atoms with Crippen LogP contribution >= 0.6 is 0 Å². The van der Waals surface area contributed by atoms with Gasteiger partial charge in [-0.25, -0.2) is 13.1 Å². The van der Waals surface area contributed by atoms with Crippen molar-refractivity contribution in [2.45, 2.75) is 44.6 Å². The van der Waals surface area contributed by atoms with E-state index in [1.54, 1.807) is 13.8 Å². The Morgan fingerprint density at radius 3 is 2.75 bits per heavy atom. The summed E-state index contributed by atoms with van der Waals surface area (Å²) in [7, 11) is -3.64. The molecule has 0 radical (unpaired) electrons. The topological polar surface area (TPSA) is 88.0 Å². The Bertz CT molecular complexity index is 1030. The first-order valence-electron chi connectivity index (χ1n) is 7.90. The summed E-state index contributed by atoms with van der Waals surface area (Å²) < 4.78 is 33.1. The van der Waals surface area contributed by atoms with Gasteiger partial charge in [0.15, 0.2) is 5.76 Å². The van der Waals surface area contributed by atoms with Gasteiger partial charge in [-0.3, -0.25) is 0 Å². The van der Waals surface area contributed by atoms with E-state index in [-0.39, 0.29) is 10.9 Å². The van der Waals surface area contributed by atoms with E-state index in [0.717, 1.165) is 11.2 Å². The van der Waals surface area contributed by atoms with Crippen LogP contribution in [0.3, 0.4) is 0 Å². The second-order valence-corrected chi connectivity index (χ2v) is 8.16. The quantitative estimate of drug-likeness (QED) is 0.763. The molecule has 7 heteroatoms. The number of aryl methyl sites for hydroxylation is 3. The molecule has 3 aromatic rings. The first kappa shape index (κ1) is 15.4. The lowest BCUT2D eigenvalue weighted by atomic mass is 10.1. The van der Waals surface area contributed by atoms with E-state index in [4.69, 9.17) is 4.52 Å². The second kappa shape index (κ2) is 5.19. The van der Waals surface area contributed by atoms with Crippen LogP contribution in [-0.4, -0.2) is 24.6 Å². The van der Waals surface area contributed by atoms with E-state index >= 15 is 0 Å². The molecule has 1 unspecified atom stereocenters. The molecular formula is C17H19N3O3S. The average molecular weight is 345 g/mol. The highest BCUT2D eigenvalue weighted by Crippen LogP contribution is 2.31. The first-order valence-corrected chi connectivity index (χ1v) is 9.39. The fraction of sp³-hybridized carbons (Fsp3) is 0.353. The summed E-state index contributed by atoms with van der Waals surface area (Å²) in [4.78, 5) is 3.56. The van der Waals surface area contributed by atoms with Crippen molar-refractivity contribution >= 4 is 20.9 Å². The Morgan fingerprint density at radius 2 is 2.04 bits per heavy atom. The fourth-order valence-electron chi connectivity index (χ4n) is 3.61. The molecule has 0 aliphatic heterocycles. The third-order valence-corrected chi connectivity index (χ3v) is 6.37. The summed E-state index contributed by atoms with van der Waals surface area (Å²) in [6, 6.07) is 6.14. The maximum Gasteiger partial charge on any atom is 0.246 e. The predicted molar refractivity (Wildman–Crippen MR) is 90.5 cm³/mol. The highest BCUT2D eigenvalue weighted by Gasteiger charge is 2.32. The van der Waals surface area contributed by atoms with Gasteiger partial charge in [0.25, 0.3) is 0 Å². The summed E-state index contributed by atoms with van der Waals surface area (Å²) >= 11 is 0. The van der Waals surface area contributed by atoms with Gasteiger partial charge in [-0.1, -0.05) is 16.8 Å². The van der Waals surface area contributed by atoms with Crippen LogP contribution in [0, 0.1) is 20.8 Å². The molecule has 0 spiro atoms. The van der Waals surface area contributed by atoms with Gasteiger partial charge >= 0.3 is 0 Å². The lowest BCUT2D eigenvalue weighted by molar-refractivity contribution is 0.390. The van der Waals surface area contributed by atoms with Crippen molar-refractivity contribution in [2.75, 3.05) is 0 Å². The summed E-state index contributed by atoms with van der Waals surface area (Å²) in [5.74, 6) is 0.317. The highest BCUT2D eigenvalue weighted by molar-refractivity contribution is 7.89. The Morgan fingerprint density at radius 1 is 1.25 bits per heavy atom. The van der Waals surface area contributed by atoms with Crippen molar-refractivity contribution < 1.29 is 12.9 Å². The third-order valence-electron chi connectivity index (χ3n) is 4.61. The summed E-state index contributed by atoms with van der Waals surface area (Å²) in [5, 5.41) is 4.92. The van der Waals surface area contributed by atoms with Gasteiger partial charge in [-0.2, -0.15) is 0 Å². The molecule has 126 valence electrons. The molecule has 6 nitrogen and oxygen atoms in total. The van der Waals surface area contributed by atoms with Crippen molar-refractivity contribution in [1.29, 1.82) is 0 Å². The van der Waals surface area contributed by atoms with Crippen LogP contribution in [0.15, 0.2) is 27.6 Å². The van der Waals surface area contributed by atoms with Gasteiger partial charge in [0.1, 0.15) is 10.6 Å². The predicted octanol–water partition coefficient (Wildman–Crippen LogP) is 2.53. The number of H-pyrrole nitrogens is 1. The maximum absolute atomic E-state index is 12.7. The molecule has 4 rings (SSSR count). The van der Waals surface area contributed by atoms with E-state index in [0.29, 0.717) is 24.3 Å². The molecule has 2 aromatic heterocycles. The molecule has 0 fully saturated rings. The molecule has 1 aliphatic rings. The lowest BCUT2D eigenvalue weighted by Gasteiger charge is -2.12. The van der Waals surface area contributed by atoms with E-state index in [1.807, 2.05) is 0 Å². The average Bonchev–Trinajstić information content (AvgIpc) is 3.12. The van der Waals surface area contributed by atoms with Gasteiger partial charge in [0, 0.05) is 29.1 Å².